The number of ether oxygens (including phenoxy) is 1. The van der Waals surface area contributed by atoms with Crippen molar-refractivity contribution in [3.63, 3.8) is 0 Å². The van der Waals surface area contributed by atoms with Crippen LogP contribution in [-0.2, 0) is 0 Å². The highest BCUT2D eigenvalue weighted by molar-refractivity contribution is 6.30. The number of anilines is 1. The molecular formula is C10H7ClF2N4O. The molecule has 0 aliphatic heterocycles. The highest BCUT2D eigenvalue weighted by Crippen LogP contribution is 2.29. The average molecular weight is 273 g/mol. The van der Waals surface area contributed by atoms with Crippen molar-refractivity contribution in [1.29, 1.82) is 0 Å². The molecule has 1 aromatic carbocycles. The van der Waals surface area contributed by atoms with E-state index < -0.39 is 17.5 Å². The monoisotopic (exact) mass is 272 g/mol. The second-order valence-electron chi connectivity index (χ2n) is 3.15. The number of rotatable bonds is 3. The van der Waals surface area contributed by atoms with E-state index in [1.54, 1.807) is 0 Å². The molecule has 2 rings (SSSR count). The lowest BCUT2D eigenvalue weighted by Crippen LogP contribution is -2.11. The normalized spacial score (nSPS) is 10.2. The van der Waals surface area contributed by atoms with Crippen LogP contribution in [0.25, 0.3) is 0 Å². The minimum absolute atomic E-state index is 0.0613. The van der Waals surface area contributed by atoms with E-state index >= 15 is 0 Å². The van der Waals surface area contributed by atoms with Crippen LogP contribution in [0.4, 0.5) is 14.7 Å². The van der Waals surface area contributed by atoms with Crippen molar-refractivity contribution in [3.8, 4) is 11.6 Å². The van der Waals surface area contributed by atoms with E-state index in [0.29, 0.717) is 0 Å². The van der Waals surface area contributed by atoms with Gasteiger partial charge in [0, 0.05) is 0 Å². The van der Waals surface area contributed by atoms with Gasteiger partial charge in [0.15, 0.2) is 11.6 Å². The van der Waals surface area contributed by atoms with Crippen LogP contribution in [0.1, 0.15) is 0 Å². The van der Waals surface area contributed by atoms with Gasteiger partial charge in [-0.1, -0.05) is 17.7 Å². The average Bonchev–Trinajstić information content (AvgIpc) is 2.37. The highest BCUT2D eigenvalue weighted by Gasteiger charge is 2.13. The summed E-state index contributed by atoms with van der Waals surface area (Å²) in [6, 6.07) is 4.09. The summed E-state index contributed by atoms with van der Waals surface area (Å²) in [6.07, 6.45) is 0.847. The number of nitrogens with two attached hydrogens (primary N) is 1. The quantitative estimate of drug-likeness (QED) is 0.663. The van der Waals surface area contributed by atoms with Crippen molar-refractivity contribution in [2.45, 2.75) is 0 Å². The zero-order valence-corrected chi connectivity index (χ0v) is 9.58. The molecule has 0 saturated carbocycles. The van der Waals surface area contributed by atoms with Gasteiger partial charge in [0.25, 0.3) is 5.88 Å². The van der Waals surface area contributed by atoms with Gasteiger partial charge in [0.2, 0.25) is 11.8 Å². The third kappa shape index (κ3) is 2.47. The van der Waals surface area contributed by atoms with Crippen molar-refractivity contribution in [2.75, 3.05) is 5.43 Å². The molecule has 0 spiro atoms. The van der Waals surface area contributed by atoms with Crippen LogP contribution in [0.2, 0.25) is 5.02 Å². The molecule has 0 radical (unpaired) electrons. The molecule has 94 valence electrons. The lowest BCUT2D eigenvalue weighted by Gasteiger charge is -2.08. The van der Waals surface area contributed by atoms with E-state index in [1.807, 2.05) is 0 Å². The summed E-state index contributed by atoms with van der Waals surface area (Å²) in [5.41, 5.74) is 2.12. The largest absolute Gasteiger partial charge is 0.433 e. The van der Waals surface area contributed by atoms with Crippen LogP contribution in [0.3, 0.4) is 0 Å². The van der Waals surface area contributed by atoms with Crippen LogP contribution in [0, 0.1) is 11.6 Å². The number of nitrogens with one attached hydrogen (secondary N) is 1. The molecule has 3 N–H and O–H groups in total. The maximum atomic E-state index is 13.5. The Hall–Kier alpha value is -1.99. The zero-order chi connectivity index (χ0) is 13.1. The summed E-state index contributed by atoms with van der Waals surface area (Å²) in [6.45, 7) is 0. The summed E-state index contributed by atoms with van der Waals surface area (Å²) in [5.74, 6) is 2.64. The summed E-state index contributed by atoms with van der Waals surface area (Å²) in [4.78, 5) is 7.12. The molecule has 0 unspecified atom stereocenters. The standard InChI is InChI=1S/C10H7ClF2N4O/c11-5-2-1-3-7(8(5)13)18-9-6(12)4-15-10(16-9)17-14/h1-4H,14H2,(H,15,16,17). The maximum Gasteiger partial charge on any atom is 0.261 e. The van der Waals surface area contributed by atoms with Gasteiger partial charge < -0.3 is 4.74 Å². The Bertz CT molecular complexity index is 582. The Labute approximate surface area is 106 Å². The topological polar surface area (TPSA) is 73.1 Å². The van der Waals surface area contributed by atoms with Gasteiger partial charge in [-0.2, -0.15) is 9.37 Å². The van der Waals surface area contributed by atoms with Gasteiger partial charge in [0.1, 0.15) is 0 Å². The first-order valence-corrected chi connectivity index (χ1v) is 5.10. The van der Waals surface area contributed by atoms with Crippen LogP contribution in [0.5, 0.6) is 11.6 Å². The molecule has 18 heavy (non-hydrogen) atoms. The van der Waals surface area contributed by atoms with Crippen molar-refractivity contribution in [2.24, 2.45) is 5.84 Å². The van der Waals surface area contributed by atoms with E-state index in [2.05, 4.69) is 15.4 Å². The molecule has 0 fully saturated rings. The first kappa shape index (κ1) is 12.5. The minimum Gasteiger partial charge on any atom is -0.433 e. The van der Waals surface area contributed by atoms with Crippen LogP contribution in [0.15, 0.2) is 24.4 Å². The number of hydrazine groups is 1. The summed E-state index contributed by atoms with van der Waals surface area (Å²) >= 11 is 5.56. The first-order valence-electron chi connectivity index (χ1n) is 4.73. The Morgan fingerprint density at radius 1 is 1.33 bits per heavy atom. The number of hydrogen-bond donors (Lipinski definition) is 2. The van der Waals surface area contributed by atoms with Crippen LogP contribution < -0.4 is 16.0 Å². The third-order valence-electron chi connectivity index (χ3n) is 1.96. The zero-order valence-electron chi connectivity index (χ0n) is 8.82. The van der Waals surface area contributed by atoms with Crippen LogP contribution in [-0.4, -0.2) is 9.97 Å². The lowest BCUT2D eigenvalue weighted by molar-refractivity contribution is 0.397. The van der Waals surface area contributed by atoms with Crippen molar-refractivity contribution in [3.05, 3.63) is 41.1 Å². The molecular weight excluding hydrogens is 266 g/mol. The molecule has 8 heteroatoms. The van der Waals surface area contributed by atoms with E-state index in [-0.39, 0.29) is 16.7 Å². The van der Waals surface area contributed by atoms with E-state index in [9.17, 15) is 8.78 Å². The van der Waals surface area contributed by atoms with Crippen molar-refractivity contribution >= 4 is 17.5 Å². The number of nitrogens with zero attached hydrogens (tertiary/aromatic N) is 2. The first-order chi connectivity index (χ1) is 8.61. The summed E-state index contributed by atoms with van der Waals surface area (Å²) < 4.78 is 31.9. The molecule has 0 aliphatic carbocycles. The SMILES string of the molecule is NNc1ncc(F)c(Oc2cccc(Cl)c2F)n1. The van der Waals surface area contributed by atoms with Gasteiger partial charge >= 0.3 is 0 Å². The lowest BCUT2D eigenvalue weighted by atomic mass is 10.3. The maximum absolute atomic E-state index is 13.5. The van der Waals surface area contributed by atoms with Gasteiger partial charge in [-0.25, -0.2) is 15.2 Å². The predicted octanol–water partition coefficient (Wildman–Crippen LogP) is 2.49. The van der Waals surface area contributed by atoms with E-state index in [1.165, 1.54) is 18.2 Å². The van der Waals surface area contributed by atoms with Gasteiger partial charge in [-0.05, 0) is 12.1 Å². The van der Waals surface area contributed by atoms with E-state index in [4.69, 9.17) is 22.2 Å². The Morgan fingerprint density at radius 3 is 2.83 bits per heavy atom. The number of halogens is 3. The van der Waals surface area contributed by atoms with Crippen molar-refractivity contribution < 1.29 is 13.5 Å². The highest BCUT2D eigenvalue weighted by atomic mass is 35.5. The second kappa shape index (κ2) is 5.11. The minimum atomic E-state index is -0.853. The van der Waals surface area contributed by atoms with Crippen LogP contribution >= 0.6 is 11.6 Å². The molecule has 0 amide bonds. The molecule has 5 nitrogen and oxygen atoms in total. The second-order valence-corrected chi connectivity index (χ2v) is 3.55. The van der Waals surface area contributed by atoms with Crippen molar-refractivity contribution in [1.82, 2.24) is 9.97 Å². The fourth-order valence-corrected chi connectivity index (χ4v) is 1.33. The Balaban J connectivity index is 2.36. The number of aromatic nitrogens is 2. The van der Waals surface area contributed by atoms with E-state index in [0.717, 1.165) is 6.20 Å². The number of nitrogen functional groups attached to an aromatic ring is 1. The van der Waals surface area contributed by atoms with Gasteiger partial charge in [0.05, 0.1) is 11.2 Å². The summed E-state index contributed by atoms with van der Waals surface area (Å²) in [7, 11) is 0. The molecule has 0 aliphatic rings. The number of hydrogen-bond acceptors (Lipinski definition) is 5. The Morgan fingerprint density at radius 2 is 2.11 bits per heavy atom. The van der Waals surface area contributed by atoms with Gasteiger partial charge in [-0.3, -0.25) is 5.43 Å². The Kier molecular flexibility index (Phi) is 3.54. The fraction of sp³-hybridized carbons (Fsp3) is 0. The molecule has 1 aromatic heterocycles. The smallest absolute Gasteiger partial charge is 0.261 e. The molecule has 0 bridgehead atoms. The predicted molar refractivity (Wildman–Crippen MR) is 61.3 cm³/mol. The summed E-state index contributed by atoms with van der Waals surface area (Å²) in [5, 5.41) is -0.140. The molecule has 0 atom stereocenters. The fourth-order valence-electron chi connectivity index (χ4n) is 1.16. The molecule has 1 heterocycles. The third-order valence-corrected chi connectivity index (χ3v) is 2.26. The molecule has 2 aromatic rings. The molecule has 0 saturated heterocycles. The van der Waals surface area contributed by atoms with Gasteiger partial charge in [-0.15, -0.1) is 0 Å². The number of benzene rings is 1.